The molecule has 0 spiro atoms. The van der Waals surface area contributed by atoms with E-state index in [2.05, 4.69) is 20.4 Å². The fourth-order valence-electron chi connectivity index (χ4n) is 2.90. The number of hydrogen-bond donors (Lipinski definition) is 1. The van der Waals surface area contributed by atoms with Crippen LogP contribution in [0.4, 0.5) is 0 Å². The summed E-state index contributed by atoms with van der Waals surface area (Å²) in [5.74, 6) is -0.342. The maximum atomic E-state index is 12.4. The topological polar surface area (TPSA) is 98.5 Å². The van der Waals surface area contributed by atoms with E-state index in [4.69, 9.17) is 4.74 Å². The molecule has 3 aromatic rings. The summed E-state index contributed by atoms with van der Waals surface area (Å²) in [5, 5.41) is 7.76. The Bertz CT molecular complexity index is 1040. The van der Waals surface area contributed by atoms with E-state index in [1.165, 1.54) is 11.8 Å². The highest BCUT2D eigenvalue weighted by molar-refractivity contribution is 7.98. The van der Waals surface area contributed by atoms with Gasteiger partial charge in [-0.15, -0.1) is 5.10 Å². The van der Waals surface area contributed by atoms with Crippen molar-refractivity contribution >= 4 is 29.4 Å². The van der Waals surface area contributed by atoms with Crippen LogP contribution in [0.15, 0.2) is 35.5 Å². The predicted octanol–water partition coefficient (Wildman–Crippen LogP) is 2.25. The first-order valence-corrected chi connectivity index (χ1v) is 10.4. The summed E-state index contributed by atoms with van der Waals surface area (Å²) >= 11 is 1.42. The van der Waals surface area contributed by atoms with Crippen LogP contribution < -0.4 is 5.32 Å². The Kier molecular flexibility index (Phi) is 6.48. The molecule has 3 rings (SSSR count). The number of fused-ring (bicyclic) bond motifs is 1. The molecule has 2 aromatic heterocycles. The van der Waals surface area contributed by atoms with Crippen LogP contribution in [0.3, 0.4) is 0 Å². The molecule has 0 saturated carbocycles. The second kappa shape index (κ2) is 9.04. The van der Waals surface area contributed by atoms with Crippen LogP contribution in [-0.2, 0) is 27.3 Å². The Hall–Kier alpha value is -2.94. The summed E-state index contributed by atoms with van der Waals surface area (Å²) < 4.78 is 6.95. The number of amides is 1. The average molecular weight is 414 g/mol. The molecule has 0 aliphatic carbocycles. The van der Waals surface area contributed by atoms with Crippen molar-refractivity contribution in [2.75, 3.05) is 6.26 Å². The van der Waals surface area contributed by atoms with Gasteiger partial charge in [-0.3, -0.25) is 9.59 Å². The maximum absolute atomic E-state index is 12.4. The van der Waals surface area contributed by atoms with Crippen LogP contribution in [0.2, 0.25) is 0 Å². The van der Waals surface area contributed by atoms with Gasteiger partial charge in [0.2, 0.25) is 5.16 Å². The number of hydrogen-bond acceptors (Lipinski definition) is 7. The zero-order valence-corrected chi connectivity index (χ0v) is 17.6. The van der Waals surface area contributed by atoms with Crippen LogP contribution >= 0.6 is 11.8 Å². The molecule has 0 unspecified atom stereocenters. The summed E-state index contributed by atoms with van der Waals surface area (Å²) in [5.41, 5.74) is 3.16. The number of nitrogens with one attached hydrogen (secondary N) is 1. The molecule has 8 nitrogen and oxygen atoms in total. The van der Waals surface area contributed by atoms with Gasteiger partial charge in [0.1, 0.15) is 0 Å². The van der Waals surface area contributed by atoms with Crippen molar-refractivity contribution in [3.05, 3.63) is 52.8 Å². The van der Waals surface area contributed by atoms with E-state index in [9.17, 15) is 9.59 Å². The van der Waals surface area contributed by atoms with Gasteiger partial charge in [-0.05, 0) is 32.6 Å². The third-order valence-corrected chi connectivity index (χ3v) is 5.06. The predicted molar refractivity (Wildman–Crippen MR) is 110 cm³/mol. The highest BCUT2D eigenvalue weighted by Crippen LogP contribution is 2.17. The van der Waals surface area contributed by atoms with Gasteiger partial charge < -0.3 is 10.1 Å². The number of thioether (sulfide) groups is 1. The number of carbonyl (C=O) groups is 2. The van der Waals surface area contributed by atoms with E-state index in [-0.39, 0.29) is 12.3 Å². The van der Waals surface area contributed by atoms with Crippen molar-refractivity contribution in [3.63, 3.8) is 0 Å². The van der Waals surface area contributed by atoms with Gasteiger partial charge in [-0.25, -0.2) is 9.50 Å². The number of esters is 1. The molecule has 0 aliphatic rings. The highest BCUT2D eigenvalue weighted by Gasteiger charge is 2.21. The van der Waals surface area contributed by atoms with Crippen molar-refractivity contribution in [1.82, 2.24) is 24.9 Å². The molecule has 0 bridgehead atoms. The van der Waals surface area contributed by atoms with E-state index in [0.717, 1.165) is 16.8 Å². The lowest BCUT2D eigenvalue weighted by Crippen LogP contribution is -2.35. The van der Waals surface area contributed by atoms with E-state index >= 15 is 0 Å². The van der Waals surface area contributed by atoms with Gasteiger partial charge in [-0.2, -0.15) is 4.98 Å². The monoisotopic (exact) mass is 413 g/mol. The number of rotatable bonds is 7. The van der Waals surface area contributed by atoms with Crippen molar-refractivity contribution in [1.29, 1.82) is 0 Å². The number of ether oxygens (including phenoxy) is 1. The molecule has 29 heavy (non-hydrogen) atoms. The third kappa shape index (κ3) is 4.92. The van der Waals surface area contributed by atoms with E-state index in [0.29, 0.717) is 23.2 Å². The minimum absolute atomic E-state index is 0.00533. The molecule has 0 saturated heterocycles. The van der Waals surface area contributed by atoms with Gasteiger partial charge in [0.05, 0.1) is 6.42 Å². The lowest BCUT2D eigenvalue weighted by atomic mass is 10.1. The Balaban J connectivity index is 1.63. The number of aryl methyl sites for hydroxylation is 2. The fourth-order valence-corrected chi connectivity index (χ4v) is 3.23. The Morgan fingerprint density at radius 3 is 2.62 bits per heavy atom. The summed E-state index contributed by atoms with van der Waals surface area (Å²) in [4.78, 5) is 33.4. The van der Waals surface area contributed by atoms with Gasteiger partial charge in [0.25, 0.3) is 11.7 Å². The SMILES string of the molecule is CSc1nc2nc(C)c(CC(=O)O[C@H](C)C(=O)NCc3ccccc3)c(C)n2n1. The lowest BCUT2D eigenvalue weighted by molar-refractivity contribution is -0.154. The number of benzene rings is 1. The van der Waals surface area contributed by atoms with E-state index in [1.54, 1.807) is 11.4 Å². The molecule has 1 aromatic carbocycles. The molecular formula is C20H23N5O3S. The minimum atomic E-state index is -0.891. The molecule has 1 N–H and O–H groups in total. The number of carbonyl (C=O) groups excluding carboxylic acids is 2. The van der Waals surface area contributed by atoms with Crippen LogP contribution in [-0.4, -0.2) is 43.8 Å². The normalized spacial score (nSPS) is 12.0. The average Bonchev–Trinajstić information content (AvgIpc) is 3.13. The maximum Gasteiger partial charge on any atom is 0.311 e. The van der Waals surface area contributed by atoms with Crippen LogP contribution in [0.25, 0.3) is 5.78 Å². The molecular weight excluding hydrogens is 390 g/mol. The molecule has 0 radical (unpaired) electrons. The standard InChI is InChI=1S/C20H23N5O3S/c1-12-16(13(2)25-19(22-12)23-20(24-25)29-4)10-17(26)28-14(3)18(27)21-11-15-8-6-5-7-9-15/h5-9,14H,10-11H2,1-4H3,(H,21,27)/t14-/m1/s1. The summed E-state index contributed by atoms with van der Waals surface area (Å²) in [6.07, 6.45) is 1.00. The first-order chi connectivity index (χ1) is 13.9. The van der Waals surface area contributed by atoms with Crippen LogP contribution in [0, 0.1) is 13.8 Å². The molecule has 9 heteroatoms. The van der Waals surface area contributed by atoms with E-state index < -0.39 is 12.1 Å². The largest absolute Gasteiger partial charge is 0.452 e. The highest BCUT2D eigenvalue weighted by atomic mass is 32.2. The van der Waals surface area contributed by atoms with Gasteiger partial charge >= 0.3 is 5.97 Å². The van der Waals surface area contributed by atoms with Gasteiger partial charge in [0.15, 0.2) is 6.10 Å². The zero-order chi connectivity index (χ0) is 21.0. The number of nitrogens with zero attached hydrogens (tertiary/aromatic N) is 4. The molecule has 0 aliphatic heterocycles. The smallest absolute Gasteiger partial charge is 0.311 e. The first kappa shape index (κ1) is 20.8. The fraction of sp³-hybridized carbons (Fsp3) is 0.350. The van der Waals surface area contributed by atoms with E-state index in [1.807, 2.05) is 50.4 Å². The van der Waals surface area contributed by atoms with Gasteiger partial charge in [-0.1, -0.05) is 42.1 Å². The Labute approximate surface area is 173 Å². The lowest BCUT2D eigenvalue weighted by Gasteiger charge is -2.15. The quantitative estimate of drug-likeness (QED) is 0.468. The molecule has 152 valence electrons. The first-order valence-electron chi connectivity index (χ1n) is 9.17. The third-order valence-electron chi connectivity index (χ3n) is 4.52. The summed E-state index contributed by atoms with van der Waals surface area (Å²) in [6.45, 7) is 5.62. The second-order valence-corrected chi connectivity index (χ2v) is 7.36. The molecule has 1 atom stereocenters. The Morgan fingerprint density at radius 2 is 1.93 bits per heavy atom. The van der Waals surface area contributed by atoms with Crippen molar-refractivity contribution < 1.29 is 14.3 Å². The van der Waals surface area contributed by atoms with Crippen molar-refractivity contribution in [2.45, 2.75) is 45.0 Å². The van der Waals surface area contributed by atoms with Crippen molar-refractivity contribution in [3.8, 4) is 0 Å². The van der Waals surface area contributed by atoms with Gasteiger partial charge in [0, 0.05) is 23.5 Å². The van der Waals surface area contributed by atoms with Crippen LogP contribution in [0.5, 0.6) is 0 Å². The Morgan fingerprint density at radius 1 is 1.21 bits per heavy atom. The number of aromatic nitrogens is 4. The second-order valence-electron chi connectivity index (χ2n) is 6.58. The molecule has 0 fully saturated rings. The molecule has 1 amide bonds. The van der Waals surface area contributed by atoms with Crippen LogP contribution in [0.1, 0.15) is 29.4 Å². The summed E-state index contributed by atoms with van der Waals surface area (Å²) in [6, 6.07) is 9.54. The summed E-state index contributed by atoms with van der Waals surface area (Å²) in [7, 11) is 0. The van der Waals surface area contributed by atoms with Crippen molar-refractivity contribution in [2.24, 2.45) is 0 Å². The molecule has 2 heterocycles. The minimum Gasteiger partial charge on any atom is -0.452 e. The zero-order valence-electron chi connectivity index (χ0n) is 16.8.